The fourth-order valence-corrected chi connectivity index (χ4v) is 1.75. The van der Waals surface area contributed by atoms with Crippen molar-refractivity contribution in [2.75, 3.05) is 19.5 Å². The number of nitrogens with zero attached hydrogens (tertiary/aromatic N) is 2. The number of aromatic nitrogens is 1. The average molecular weight is 283 g/mol. The molecule has 6 nitrogen and oxygen atoms in total. The highest BCUT2D eigenvalue weighted by Crippen LogP contribution is 2.29. The molecular weight excluding hydrogens is 270 g/mol. The summed E-state index contributed by atoms with van der Waals surface area (Å²) in [6.45, 7) is 0. The first kappa shape index (κ1) is 14.3. The van der Waals surface area contributed by atoms with Gasteiger partial charge in [-0.2, -0.15) is 5.26 Å². The molecular formula is C15H13N3O3. The van der Waals surface area contributed by atoms with Gasteiger partial charge in [0.25, 0.3) is 5.91 Å². The van der Waals surface area contributed by atoms with Crippen LogP contribution in [-0.4, -0.2) is 25.1 Å². The molecule has 0 unspecified atom stereocenters. The lowest BCUT2D eigenvalue weighted by atomic mass is 10.2. The first-order valence-electron chi connectivity index (χ1n) is 6.07. The molecule has 1 amide bonds. The molecule has 1 N–H and O–H groups in total. The van der Waals surface area contributed by atoms with Crippen LogP contribution in [0.15, 0.2) is 36.5 Å². The van der Waals surface area contributed by atoms with Crippen molar-refractivity contribution in [3.8, 4) is 17.6 Å². The van der Waals surface area contributed by atoms with Crippen molar-refractivity contribution in [3.05, 3.63) is 47.8 Å². The smallest absolute Gasteiger partial charge is 0.255 e. The van der Waals surface area contributed by atoms with Crippen LogP contribution in [0.5, 0.6) is 11.5 Å². The van der Waals surface area contributed by atoms with Crippen LogP contribution in [0.3, 0.4) is 0 Å². The molecule has 1 heterocycles. The zero-order chi connectivity index (χ0) is 15.2. The van der Waals surface area contributed by atoms with Crippen molar-refractivity contribution in [1.29, 1.82) is 5.26 Å². The summed E-state index contributed by atoms with van der Waals surface area (Å²) in [4.78, 5) is 15.9. The highest BCUT2D eigenvalue weighted by atomic mass is 16.5. The summed E-state index contributed by atoms with van der Waals surface area (Å²) in [7, 11) is 3.06. The molecule has 0 aliphatic rings. The van der Waals surface area contributed by atoms with Gasteiger partial charge in [-0.05, 0) is 24.3 Å². The molecule has 1 aromatic heterocycles. The van der Waals surface area contributed by atoms with Crippen LogP contribution in [-0.2, 0) is 0 Å². The van der Waals surface area contributed by atoms with E-state index in [1.165, 1.54) is 32.5 Å². The molecule has 0 saturated heterocycles. The molecule has 0 aliphatic heterocycles. The van der Waals surface area contributed by atoms with Crippen LogP contribution < -0.4 is 14.8 Å². The molecule has 6 heteroatoms. The van der Waals surface area contributed by atoms with Crippen LogP contribution in [0, 0.1) is 11.3 Å². The van der Waals surface area contributed by atoms with Gasteiger partial charge in [0.2, 0.25) is 0 Å². The lowest BCUT2D eigenvalue weighted by molar-refractivity contribution is 0.102. The van der Waals surface area contributed by atoms with Crippen LogP contribution in [0.1, 0.15) is 16.1 Å². The van der Waals surface area contributed by atoms with Gasteiger partial charge in [-0.1, -0.05) is 0 Å². The van der Waals surface area contributed by atoms with Gasteiger partial charge < -0.3 is 14.8 Å². The van der Waals surface area contributed by atoms with Crippen LogP contribution >= 0.6 is 0 Å². The number of nitrogens with one attached hydrogen (secondary N) is 1. The summed E-state index contributed by atoms with van der Waals surface area (Å²) >= 11 is 0. The second-order valence-electron chi connectivity index (χ2n) is 4.07. The van der Waals surface area contributed by atoms with Gasteiger partial charge in [-0.15, -0.1) is 0 Å². The van der Waals surface area contributed by atoms with Crippen molar-refractivity contribution in [3.63, 3.8) is 0 Å². The number of methoxy groups -OCH3 is 2. The zero-order valence-corrected chi connectivity index (χ0v) is 11.6. The van der Waals surface area contributed by atoms with Gasteiger partial charge >= 0.3 is 0 Å². The molecule has 1 aromatic carbocycles. The molecule has 0 radical (unpaired) electrons. The lowest BCUT2D eigenvalue weighted by Gasteiger charge is -2.10. The first-order valence-corrected chi connectivity index (χ1v) is 6.07. The monoisotopic (exact) mass is 283 g/mol. The molecule has 0 spiro atoms. The van der Waals surface area contributed by atoms with E-state index in [1.807, 2.05) is 6.07 Å². The Balaban J connectivity index is 2.21. The van der Waals surface area contributed by atoms with E-state index in [-0.39, 0.29) is 11.6 Å². The number of anilines is 1. The third-order valence-electron chi connectivity index (χ3n) is 2.78. The molecule has 106 valence electrons. The van der Waals surface area contributed by atoms with Gasteiger partial charge in [-0.3, -0.25) is 4.79 Å². The summed E-state index contributed by atoms with van der Waals surface area (Å²) in [5, 5.41) is 11.5. The number of nitriles is 1. The SMILES string of the molecule is COc1ccc(NC(=O)c2ccnc(C#N)c2)cc1OC. The maximum absolute atomic E-state index is 12.1. The zero-order valence-electron chi connectivity index (χ0n) is 11.6. The Morgan fingerprint density at radius 2 is 1.95 bits per heavy atom. The fraction of sp³-hybridized carbons (Fsp3) is 0.133. The normalized spacial score (nSPS) is 9.57. The third-order valence-corrected chi connectivity index (χ3v) is 2.78. The molecule has 2 aromatic rings. The Labute approximate surface area is 121 Å². The summed E-state index contributed by atoms with van der Waals surface area (Å²) in [5.41, 5.74) is 1.11. The number of rotatable bonds is 4. The van der Waals surface area contributed by atoms with Gasteiger partial charge in [0, 0.05) is 23.5 Å². The maximum atomic E-state index is 12.1. The van der Waals surface area contributed by atoms with Crippen molar-refractivity contribution in [2.24, 2.45) is 0 Å². The second-order valence-corrected chi connectivity index (χ2v) is 4.07. The van der Waals surface area contributed by atoms with Gasteiger partial charge in [-0.25, -0.2) is 4.98 Å². The van der Waals surface area contributed by atoms with Crippen LogP contribution in [0.4, 0.5) is 5.69 Å². The summed E-state index contributed by atoms with van der Waals surface area (Å²) < 4.78 is 10.3. The summed E-state index contributed by atoms with van der Waals surface area (Å²) in [5.74, 6) is 0.759. The number of benzene rings is 1. The van der Waals surface area contributed by atoms with E-state index in [0.717, 1.165) is 0 Å². The highest BCUT2D eigenvalue weighted by Gasteiger charge is 2.10. The topological polar surface area (TPSA) is 84.2 Å². The van der Waals surface area contributed by atoms with E-state index in [4.69, 9.17) is 14.7 Å². The fourth-order valence-electron chi connectivity index (χ4n) is 1.75. The average Bonchev–Trinajstić information content (AvgIpc) is 2.54. The Hall–Kier alpha value is -3.07. The summed E-state index contributed by atoms with van der Waals surface area (Å²) in [6, 6.07) is 9.91. The van der Waals surface area contributed by atoms with Crippen LogP contribution in [0.25, 0.3) is 0 Å². The number of carbonyl (C=O) groups is 1. The quantitative estimate of drug-likeness (QED) is 0.930. The largest absolute Gasteiger partial charge is 0.493 e. The van der Waals surface area contributed by atoms with Gasteiger partial charge in [0.1, 0.15) is 11.8 Å². The molecule has 0 fully saturated rings. The van der Waals surface area contributed by atoms with Crippen molar-refractivity contribution >= 4 is 11.6 Å². The number of amides is 1. The minimum Gasteiger partial charge on any atom is -0.493 e. The minimum absolute atomic E-state index is 0.190. The number of pyridine rings is 1. The van der Waals surface area contributed by atoms with E-state index >= 15 is 0 Å². The second kappa shape index (κ2) is 6.39. The van der Waals surface area contributed by atoms with Crippen molar-refractivity contribution in [2.45, 2.75) is 0 Å². The number of carbonyl (C=O) groups excluding carboxylic acids is 1. The maximum Gasteiger partial charge on any atom is 0.255 e. The Kier molecular flexibility index (Phi) is 4.36. The van der Waals surface area contributed by atoms with Gasteiger partial charge in [0.15, 0.2) is 11.5 Å². The molecule has 2 rings (SSSR count). The van der Waals surface area contributed by atoms with E-state index in [0.29, 0.717) is 22.7 Å². The van der Waals surface area contributed by atoms with E-state index in [2.05, 4.69) is 10.3 Å². The number of hydrogen-bond acceptors (Lipinski definition) is 5. The predicted octanol–water partition coefficient (Wildman–Crippen LogP) is 2.22. The number of hydrogen-bond donors (Lipinski definition) is 1. The summed E-state index contributed by atoms with van der Waals surface area (Å²) in [6.07, 6.45) is 1.42. The highest BCUT2D eigenvalue weighted by molar-refractivity contribution is 6.04. The molecule has 0 bridgehead atoms. The third kappa shape index (κ3) is 3.28. The number of ether oxygens (including phenoxy) is 2. The van der Waals surface area contributed by atoms with Gasteiger partial charge in [0.05, 0.1) is 14.2 Å². The molecule has 0 aliphatic carbocycles. The Morgan fingerprint density at radius 3 is 2.62 bits per heavy atom. The minimum atomic E-state index is -0.332. The van der Waals surface area contributed by atoms with Crippen molar-refractivity contribution < 1.29 is 14.3 Å². The Morgan fingerprint density at radius 1 is 1.19 bits per heavy atom. The predicted molar refractivity (Wildman–Crippen MR) is 76.5 cm³/mol. The Bertz CT molecular complexity index is 708. The first-order chi connectivity index (χ1) is 10.2. The van der Waals surface area contributed by atoms with Crippen molar-refractivity contribution in [1.82, 2.24) is 4.98 Å². The van der Waals surface area contributed by atoms with E-state index < -0.39 is 0 Å². The lowest BCUT2D eigenvalue weighted by Crippen LogP contribution is -2.12. The van der Waals surface area contributed by atoms with E-state index in [1.54, 1.807) is 18.2 Å². The standard InChI is InChI=1S/C15H13N3O3/c1-20-13-4-3-11(8-14(13)21-2)18-15(19)10-5-6-17-12(7-10)9-16/h3-8H,1-2H3,(H,18,19). The van der Waals surface area contributed by atoms with Crippen LogP contribution in [0.2, 0.25) is 0 Å². The molecule has 21 heavy (non-hydrogen) atoms. The molecule has 0 saturated carbocycles. The molecule has 0 atom stereocenters. The van der Waals surface area contributed by atoms with E-state index in [9.17, 15) is 4.79 Å².